The Morgan fingerprint density at radius 1 is 0.938 bits per heavy atom. The number of benzene rings is 2. The zero-order valence-electron chi connectivity index (χ0n) is 17.8. The van der Waals surface area contributed by atoms with E-state index in [4.69, 9.17) is 11.6 Å². The molecule has 0 saturated carbocycles. The molecule has 0 radical (unpaired) electrons. The molecular formula is C24H21ClFN5O. The van der Waals surface area contributed by atoms with Crippen LogP contribution in [0.1, 0.15) is 22.6 Å². The van der Waals surface area contributed by atoms with Gasteiger partial charge in [0.05, 0.1) is 34.1 Å². The molecule has 4 rings (SSSR count). The molecule has 4 aromatic rings. The molecule has 8 heteroatoms. The Hall–Kier alpha value is -3.71. The summed E-state index contributed by atoms with van der Waals surface area (Å²) in [6.45, 7) is 5.54. The van der Waals surface area contributed by atoms with Gasteiger partial charge in [-0.2, -0.15) is 10.2 Å². The second kappa shape index (κ2) is 8.80. The summed E-state index contributed by atoms with van der Waals surface area (Å²) in [5.41, 5.74) is 5.00. The number of hydrogen-bond donors (Lipinski definition) is 1. The third-order valence-corrected chi connectivity index (χ3v) is 5.42. The van der Waals surface area contributed by atoms with Gasteiger partial charge in [0.2, 0.25) is 5.91 Å². The number of nitrogens with one attached hydrogen (secondary N) is 1. The fraction of sp³-hybridized carbons (Fsp3) is 0.125. The molecule has 2 aromatic heterocycles. The number of hydrogen-bond acceptors (Lipinski definition) is 3. The molecule has 2 heterocycles. The molecule has 0 fully saturated rings. The van der Waals surface area contributed by atoms with Gasteiger partial charge in [-0.05, 0) is 63.2 Å². The molecule has 0 aliphatic carbocycles. The highest BCUT2D eigenvalue weighted by Gasteiger charge is 2.16. The summed E-state index contributed by atoms with van der Waals surface area (Å²) in [5.74, 6) is -0.652. The molecule has 0 atom stereocenters. The number of amides is 1. The van der Waals surface area contributed by atoms with Gasteiger partial charge in [-0.1, -0.05) is 29.8 Å². The van der Waals surface area contributed by atoms with E-state index in [0.29, 0.717) is 33.5 Å². The van der Waals surface area contributed by atoms with E-state index in [0.717, 1.165) is 11.4 Å². The van der Waals surface area contributed by atoms with Crippen LogP contribution < -0.4 is 5.32 Å². The zero-order valence-corrected chi connectivity index (χ0v) is 18.6. The fourth-order valence-electron chi connectivity index (χ4n) is 3.42. The molecule has 32 heavy (non-hydrogen) atoms. The lowest BCUT2D eigenvalue weighted by molar-refractivity contribution is -0.111. The van der Waals surface area contributed by atoms with Crippen LogP contribution >= 0.6 is 11.6 Å². The van der Waals surface area contributed by atoms with Crippen molar-refractivity contribution in [1.29, 1.82) is 0 Å². The minimum Gasteiger partial charge on any atom is -0.319 e. The summed E-state index contributed by atoms with van der Waals surface area (Å²) in [6.07, 6.45) is 3.02. The Kier molecular flexibility index (Phi) is 5.92. The summed E-state index contributed by atoms with van der Waals surface area (Å²) in [5, 5.41) is 12.2. The SMILES string of the molecule is Cc1nn(-c2ccc(F)cc2)c(Cl)c1C=CC(=O)Nc1c(C)nn(-c2ccccc2)c1C. The fourth-order valence-corrected chi connectivity index (χ4v) is 3.76. The minimum atomic E-state index is -0.341. The highest BCUT2D eigenvalue weighted by atomic mass is 35.5. The lowest BCUT2D eigenvalue weighted by Gasteiger charge is -2.05. The number of carbonyl (C=O) groups is 1. The first-order chi connectivity index (χ1) is 15.3. The van der Waals surface area contributed by atoms with Gasteiger partial charge in [-0.25, -0.2) is 13.8 Å². The van der Waals surface area contributed by atoms with Crippen LogP contribution in [0.25, 0.3) is 17.5 Å². The van der Waals surface area contributed by atoms with Crippen molar-refractivity contribution in [2.75, 3.05) is 5.32 Å². The molecule has 0 bridgehead atoms. The first kappa shape index (κ1) is 21.5. The maximum absolute atomic E-state index is 13.2. The van der Waals surface area contributed by atoms with E-state index < -0.39 is 0 Å². The van der Waals surface area contributed by atoms with Crippen LogP contribution in [0.4, 0.5) is 10.1 Å². The topological polar surface area (TPSA) is 64.7 Å². The van der Waals surface area contributed by atoms with Crippen LogP contribution in [-0.4, -0.2) is 25.5 Å². The number of rotatable bonds is 5. The largest absolute Gasteiger partial charge is 0.319 e. The van der Waals surface area contributed by atoms with Crippen LogP contribution in [0.5, 0.6) is 0 Å². The zero-order chi connectivity index (χ0) is 22.8. The van der Waals surface area contributed by atoms with Crippen LogP contribution in [0, 0.1) is 26.6 Å². The summed E-state index contributed by atoms with van der Waals surface area (Å²) in [4.78, 5) is 12.6. The van der Waals surface area contributed by atoms with Crippen molar-refractivity contribution in [3.8, 4) is 11.4 Å². The van der Waals surface area contributed by atoms with Gasteiger partial charge < -0.3 is 5.32 Å². The Morgan fingerprint density at radius 3 is 2.25 bits per heavy atom. The van der Waals surface area contributed by atoms with E-state index in [1.54, 1.807) is 29.8 Å². The molecule has 162 valence electrons. The molecule has 0 aliphatic rings. The summed E-state index contributed by atoms with van der Waals surface area (Å²) < 4.78 is 16.5. The molecule has 0 spiro atoms. The van der Waals surface area contributed by atoms with Crippen molar-refractivity contribution < 1.29 is 9.18 Å². The number of para-hydroxylation sites is 1. The second-order valence-electron chi connectivity index (χ2n) is 7.29. The predicted octanol–water partition coefficient (Wildman–Crippen LogP) is 5.43. The van der Waals surface area contributed by atoms with Gasteiger partial charge in [0.15, 0.2) is 0 Å². The maximum Gasteiger partial charge on any atom is 0.248 e. The van der Waals surface area contributed by atoms with Crippen LogP contribution in [0.2, 0.25) is 5.15 Å². The molecule has 0 saturated heterocycles. The van der Waals surface area contributed by atoms with E-state index in [2.05, 4.69) is 15.5 Å². The Labute approximate surface area is 189 Å². The highest BCUT2D eigenvalue weighted by Crippen LogP contribution is 2.26. The van der Waals surface area contributed by atoms with Crippen molar-refractivity contribution in [2.45, 2.75) is 20.8 Å². The van der Waals surface area contributed by atoms with E-state index in [1.807, 2.05) is 44.2 Å². The molecule has 0 aliphatic heterocycles. The third kappa shape index (κ3) is 4.20. The van der Waals surface area contributed by atoms with Gasteiger partial charge >= 0.3 is 0 Å². The normalized spacial score (nSPS) is 11.3. The van der Waals surface area contributed by atoms with Crippen molar-refractivity contribution in [1.82, 2.24) is 19.6 Å². The minimum absolute atomic E-state index is 0.311. The number of anilines is 1. The van der Waals surface area contributed by atoms with Crippen molar-refractivity contribution in [3.63, 3.8) is 0 Å². The first-order valence-electron chi connectivity index (χ1n) is 9.97. The Morgan fingerprint density at radius 2 is 1.56 bits per heavy atom. The number of halogens is 2. The Bertz CT molecular complexity index is 1310. The average Bonchev–Trinajstić information content (AvgIpc) is 3.23. The number of aromatic nitrogens is 4. The van der Waals surface area contributed by atoms with E-state index >= 15 is 0 Å². The standard InChI is InChI=1S/C24H21ClFN5O/c1-15-21(24(25)31(28-15)20-11-9-18(26)10-12-20)13-14-22(32)27-23-16(2)29-30(17(23)3)19-7-5-4-6-8-19/h4-14H,1-3H3,(H,27,32). The number of nitrogens with zero attached hydrogens (tertiary/aromatic N) is 4. The molecule has 6 nitrogen and oxygen atoms in total. The monoisotopic (exact) mass is 449 g/mol. The molecule has 2 aromatic carbocycles. The predicted molar refractivity (Wildman–Crippen MR) is 124 cm³/mol. The smallest absolute Gasteiger partial charge is 0.248 e. The van der Waals surface area contributed by atoms with Gasteiger partial charge in [0.1, 0.15) is 11.0 Å². The van der Waals surface area contributed by atoms with Crippen molar-refractivity contribution in [3.05, 3.63) is 94.3 Å². The van der Waals surface area contributed by atoms with Crippen LogP contribution in [0.15, 0.2) is 60.7 Å². The quantitative estimate of drug-likeness (QED) is 0.413. The molecule has 1 N–H and O–H groups in total. The Balaban J connectivity index is 1.55. The van der Waals surface area contributed by atoms with Gasteiger partial charge in [0.25, 0.3) is 0 Å². The molecule has 1 amide bonds. The maximum atomic E-state index is 13.2. The van der Waals surface area contributed by atoms with E-state index in [1.165, 1.54) is 22.9 Å². The second-order valence-corrected chi connectivity index (χ2v) is 7.65. The molecular weight excluding hydrogens is 429 g/mol. The summed E-state index contributed by atoms with van der Waals surface area (Å²) in [6, 6.07) is 15.6. The van der Waals surface area contributed by atoms with Crippen molar-refractivity contribution in [2.24, 2.45) is 0 Å². The van der Waals surface area contributed by atoms with E-state index in [9.17, 15) is 9.18 Å². The van der Waals surface area contributed by atoms with Gasteiger partial charge in [-0.3, -0.25) is 4.79 Å². The van der Waals surface area contributed by atoms with Gasteiger partial charge in [-0.15, -0.1) is 0 Å². The number of carbonyl (C=O) groups excluding carboxylic acids is 1. The highest BCUT2D eigenvalue weighted by molar-refractivity contribution is 6.31. The lowest BCUT2D eigenvalue weighted by atomic mass is 10.2. The average molecular weight is 450 g/mol. The third-order valence-electron chi connectivity index (χ3n) is 5.06. The lowest BCUT2D eigenvalue weighted by Crippen LogP contribution is -2.09. The first-order valence-corrected chi connectivity index (χ1v) is 10.3. The number of aryl methyl sites for hydroxylation is 2. The van der Waals surface area contributed by atoms with Crippen LogP contribution in [-0.2, 0) is 4.79 Å². The van der Waals surface area contributed by atoms with Crippen molar-refractivity contribution >= 4 is 29.3 Å². The van der Waals surface area contributed by atoms with Gasteiger partial charge in [0, 0.05) is 11.6 Å². The van der Waals surface area contributed by atoms with Crippen LogP contribution in [0.3, 0.4) is 0 Å². The summed E-state index contributed by atoms with van der Waals surface area (Å²) >= 11 is 6.48. The van der Waals surface area contributed by atoms with E-state index in [-0.39, 0.29) is 11.7 Å². The summed E-state index contributed by atoms with van der Waals surface area (Å²) in [7, 11) is 0. The molecule has 0 unspecified atom stereocenters.